The van der Waals surface area contributed by atoms with Gasteiger partial charge < -0.3 is 24.7 Å². The Morgan fingerprint density at radius 3 is 3.04 bits per heavy atom. The fourth-order valence-corrected chi connectivity index (χ4v) is 3.23. The SMILES string of the molecule is COC(=O)c1cc(CNC[C@H]2CCN(c3cccc(OC)c3)C2)c[nH]1. The number of nitrogens with one attached hydrogen (secondary N) is 2. The monoisotopic (exact) mass is 343 g/mol. The van der Waals surface area contributed by atoms with Crippen molar-refractivity contribution in [3.8, 4) is 5.75 Å². The van der Waals surface area contributed by atoms with Crippen molar-refractivity contribution in [2.45, 2.75) is 13.0 Å². The standard InChI is InChI=1S/C19H25N3O3/c1-24-17-5-3-4-16(9-17)22-7-6-14(13-22)10-20-11-15-8-18(21-12-15)19(23)25-2/h3-5,8-9,12,14,20-21H,6-7,10-11,13H2,1-2H3/t14-/m1/s1. The molecule has 1 aliphatic rings. The number of anilines is 1. The Kier molecular flexibility index (Phi) is 5.60. The maximum absolute atomic E-state index is 11.4. The van der Waals surface area contributed by atoms with Crippen LogP contribution in [0.5, 0.6) is 5.75 Å². The number of ether oxygens (including phenoxy) is 2. The molecule has 0 unspecified atom stereocenters. The van der Waals surface area contributed by atoms with E-state index in [9.17, 15) is 4.79 Å². The van der Waals surface area contributed by atoms with Crippen LogP contribution in [0.25, 0.3) is 0 Å². The molecule has 0 amide bonds. The van der Waals surface area contributed by atoms with E-state index in [0.29, 0.717) is 11.6 Å². The molecule has 0 bridgehead atoms. The molecule has 6 nitrogen and oxygen atoms in total. The summed E-state index contributed by atoms with van der Waals surface area (Å²) in [5.74, 6) is 1.18. The number of benzene rings is 1. The van der Waals surface area contributed by atoms with Crippen molar-refractivity contribution in [2.24, 2.45) is 5.92 Å². The van der Waals surface area contributed by atoms with E-state index in [1.54, 1.807) is 7.11 Å². The number of aromatic nitrogens is 1. The molecule has 134 valence electrons. The Balaban J connectivity index is 1.45. The number of esters is 1. The minimum Gasteiger partial charge on any atom is -0.497 e. The van der Waals surface area contributed by atoms with Crippen molar-refractivity contribution in [1.29, 1.82) is 0 Å². The van der Waals surface area contributed by atoms with Gasteiger partial charge >= 0.3 is 5.97 Å². The average Bonchev–Trinajstić information content (AvgIpc) is 3.31. The Bertz CT molecular complexity index is 713. The summed E-state index contributed by atoms with van der Waals surface area (Å²) in [6, 6.07) is 10.1. The van der Waals surface area contributed by atoms with Crippen LogP contribution in [0.15, 0.2) is 36.5 Å². The Hall–Kier alpha value is -2.47. The number of methoxy groups -OCH3 is 2. The summed E-state index contributed by atoms with van der Waals surface area (Å²) < 4.78 is 10.0. The van der Waals surface area contributed by atoms with Gasteiger partial charge in [0.25, 0.3) is 0 Å². The number of aromatic amines is 1. The van der Waals surface area contributed by atoms with Gasteiger partial charge in [-0.3, -0.25) is 0 Å². The van der Waals surface area contributed by atoms with Crippen LogP contribution in [0, 0.1) is 5.92 Å². The minimum atomic E-state index is -0.337. The first-order valence-corrected chi connectivity index (χ1v) is 8.55. The summed E-state index contributed by atoms with van der Waals surface area (Å²) in [5, 5.41) is 3.48. The zero-order chi connectivity index (χ0) is 17.6. The van der Waals surface area contributed by atoms with Crippen molar-refractivity contribution in [3.05, 3.63) is 47.8 Å². The molecule has 2 aromatic rings. The van der Waals surface area contributed by atoms with Gasteiger partial charge in [0, 0.05) is 44.1 Å². The molecule has 3 rings (SSSR count). The second kappa shape index (κ2) is 8.07. The Morgan fingerprint density at radius 1 is 1.36 bits per heavy atom. The predicted molar refractivity (Wildman–Crippen MR) is 97.2 cm³/mol. The minimum absolute atomic E-state index is 0.337. The first-order valence-electron chi connectivity index (χ1n) is 8.55. The molecule has 0 radical (unpaired) electrons. The molecule has 1 aromatic carbocycles. The number of carbonyl (C=O) groups is 1. The van der Waals surface area contributed by atoms with Gasteiger partial charge in [-0.05, 0) is 36.1 Å². The molecule has 25 heavy (non-hydrogen) atoms. The Morgan fingerprint density at radius 2 is 2.24 bits per heavy atom. The molecule has 1 atom stereocenters. The third-order valence-corrected chi connectivity index (χ3v) is 4.61. The lowest BCUT2D eigenvalue weighted by atomic mass is 10.1. The maximum atomic E-state index is 11.4. The quantitative estimate of drug-likeness (QED) is 0.756. The normalized spacial score (nSPS) is 16.9. The van der Waals surface area contributed by atoms with Crippen molar-refractivity contribution in [1.82, 2.24) is 10.3 Å². The number of nitrogens with zero attached hydrogens (tertiary/aromatic N) is 1. The van der Waals surface area contributed by atoms with Gasteiger partial charge in [0.2, 0.25) is 0 Å². The Labute approximate surface area is 148 Å². The van der Waals surface area contributed by atoms with E-state index in [0.717, 1.165) is 37.5 Å². The summed E-state index contributed by atoms with van der Waals surface area (Å²) in [4.78, 5) is 16.8. The lowest BCUT2D eigenvalue weighted by Crippen LogP contribution is -2.26. The lowest BCUT2D eigenvalue weighted by Gasteiger charge is -2.19. The van der Waals surface area contributed by atoms with Gasteiger partial charge in [-0.25, -0.2) is 4.79 Å². The molecule has 6 heteroatoms. The van der Waals surface area contributed by atoms with Crippen molar-refractivity contribution in [3.63, 3.8) is 0 Å². The molecule has 1 fully saturated rings. The zero-order valence-corrected chi connectivity index (χ0v) is 14.7. The van der Waals surface area contributed by atoms with E-state index >= 15 is 0 Å². The second-order valence-electron chi connectivity index (χ2n) is 6.35. The average molecular weight is 343 g/mol. The topological polar surface area (TPSA) is 66.6 Å². The van der Waals surface area contributed by atoms with Crippen LogP contribution in [-0.2, 0) is 11.3 Å². The highest BCUT2D eigenvalue weighted by atomic mass is 16.5. The van der Waals surface area contributed by atoms with E-state index in [1.807, 2.05) is 24.4 Å². The summed E-state index contributed by atoms with van der Waals surface area (Å²) in [6.07, 6.45) is 3.02. The molecular formula is C19H25N3O3. The van der Waals surface area contributed by atoms with Crippen molar-refractivity contribution in [2.75, 3.05) is 38.8 Å². The van der Waals surface area contributed by atoms with Crippen LogP contribution in [0.4, 0.5) is 5.69 Å². The van der Waals surface area contributed by atoms with E-state index in [1.165, 1.54) is 19.2 Å². The molecule has 2 N–H and O–H groups in total. The molecule has 0 saturated carbocycles. The predicted octanol–water partition coefficient (Wildman–Crippen LogP) is 2.43. The van der Waals surface area contributed by atoms with Gasteiger partial charge in [-0.2, -0.15) is 0 Å². The number of H-pyrrole nitrogens is 1. The largest absolute Gasteiger partial charge is 0.497 e. The third-order valence-electron chi connectivity index (χ3n) is 4.61. The van der Waals surface area contributed by atoms with Crippen LogP contribution in [0.2, 0.25) is 0 Å². The van der Waals surface area contributed by atoms with Gasteiger partial charge in [0.1, 0.15) is 11.4 Å². The molecule has 0 spiro atoms. The maximum Gasteiger partial charge on any atom is 0.354 e. The van der Waals surface area contributed by atoms with Gasteiger partial charge in [-0.15, -0.1) is 0 Å². The van der Waals surface area contributed by atoms with E-state index in [4.69, 9.17) is 9.47 Å². The molecule has 1 saturated heterocycles. The van der Waals surface area contributed by atoms with Crippen LogP contribution in [-0.4, -0.2) is 44.8 Å². The fraction of sp³-hybridized carbons (Fsp3) is 0.421. The highest BCUT2D eigenvalue weighted by Crippen LogP contribution is 2.26. The number of hydrogen-bond acceptors (Lipinski definition) is 5. The summed E-state index contributed by atoms with van der Waals surface area (Å²) in [5.41, 5.74) is 2.77. The fourth-order valence-electron chi connectivity index (χ4n) is 3.23. The number of rotatable bonds is 7. The summed E-state index contributed by atoms with van der Waals surface area (Å²) in [7, 11) is 3.08. The smallest absolute Gasteiger partial charge is 0.354 e. The van der Waals surface area contributed by atoms with Gasteiger partial charge in [-0.1, -0.05) is 6.07 Å². The lowest BCUT2D eigenvalue weighted by molar-refractivity contribution is 0.0595. The molecule has 2 heterocycles. The first-order chi connectivity index (χ1) is 12.2. The third kappa shape index (κ3) is 4.33. The van der Waals surface area contributed by atoms with E-state index in [2.05, 4.69) is 27.3 Å². The first kappa shape index (κ1) is 17.4. The van der Waals surface area contributed by atoms with Crippen LogP contribution in [0.3, 0.4) is 0 Å². The van der Waals surface area contributed by atoms with Crippen LogP contribution < -0.4 is 15.0 Å². The number of carbonyl (C=O) groups excluding carboxylic acids is 1. The van der Waals surface area contributed by atoms with Crippen LogP contribution >= 0.6 is 0 Å². The molecular weight excluding hydrogens is 318 g/mol. The van der Waals surface area contributed by atoms with E-state index < -0.39 is 0 Å². The van der Waals surface area contributed by atoms with Crippen LogP contribution in [0.1, 0.15) is 22.5 Å². The molecule has 0 aliphatic carbocycles. The highest BCUT2D eigenvalue weighted by molar-refractivity contribution is 5.87. The summed E-state index contributed by atoms with van der Waals surface area (Å²) in [6.45, 7) is 3.80. The van der Waals surface area contributed by atoms with E-state index in [-0.39, 0.29) is 5.97 Å². The second-order valence-corrected chi connectivity index (χ2v) is 6.35. The number of hydrogen-bond donors (Lipinski definition) is 2. The summed E-state index contributed by atoms with van der Waals surface area (Å²) >= 11 is 0. The van der Waals surface area contributed by atoms with Crippen molar-refractivity contribution < 1.29 is 14.3 Å². The molecule has 1 aromatic heterocycles. The molecule has 1 aliphatic heterocycles. The van der Waals surface area contributed by atoms with Gasteiger partial charge in [0.05, 0.1) is 14.2 Å². The van der Waals surface area contributed by atoms with Crippen molar-refractivity contribution >= 4 is 11.7 Å². The highest BCUT2D eigenvalue weighted by Gasteiger charge is 2.22. The zero-order valence-electron chi connectivity index (χ0n) is 14.7. The van der Waals surface area contributed by atoms with Gasteiger partial charge in [0.15, 0.2) is 0 Å².